The number of urea groups is 1. The molecule has 6 nitrogen and oxygen atoms in total. The highest BCUT2D eigenvalue weighted by molar-refractivity contribution is 7.15. The summed E-state index contributed by atoms with van der Waals surface area (Å²) in [7, 11) is 0. The first kappa shape index (κ1) is 23.9. The second-order valence-corrected chi connectivity index (χ2v) is 10.2. The zero-order valence-electron chi connectivity index (χ0n) is 20.7. The first-order valence-corrected chi connectivity index (χ1v) is 13.7. The third kappa shape index (κ3) is 4.84. The van der Waals surface area contributed by atoms with Crippen molar-refractivity contribution in [3.8, 4) is 10.8 Å². The SMILES string of the molecule is CCOCCCNC(=O)N1Cc2c(sc3c2CCCC3)-n2cccc2[C@H]1c1cccc(OCC)c1. The maximum absolute atomic E-state index is 13.7. The Balaban J connectivity index is 1.55. The minimum Gasteiger partial charge on any atom is -0.494 e. The Labute approximate surface area is 211 Å². The summed E-state index contributed by atoms with van der Waals surface area (Å²) >= 11 is 1.91. The van der Waals surface area contributed by atoms with Crippen LogP contribution in [0.2, 0.25) is 0 Å². The summed E-state index contributed by atoms with van der Waals surface area (Å²) in [6.45, 7) is 7.14. The number of fused-ring (bicyclic) bond motifs is 5. The molecule has 3 heterocycles. The van der Waals surface area contributed by atoms with Crippen molar-refractivity contribution < 1.29 is 14.3 Å². The summed E-state index contributed by atoms with van der Waals surface area (Å²) in [4.78, 5) is 17.3. The zero-order chi connectivity index (χ0) is 24.2. The molecular weight excluding hydrogens is 458 g/mol. The number of hydrogen-bond acceptors (Lipinski definition) is 4. The minimum absolute atomic E-state index is 0.0373. The van der Waals surface area contributed by atoms with Gasteiger partial charge in [-0.2, -0.15) is 0 Å². The Kier molecular flexibility index (Phi) is 7.44. The van der Waals surface area contributed by atoms with Crippen molar-refractivity contribution >= 4 is 17.4 Å². The molecule has 1 aliphatic heterocycles. The van der Waals surface area contributed by atoms with Gasteiger partial charge in [-0.3, -0.25) is 0 Å². The standard InChI is InChI=1S/C28H35N3O3S/c1-3-33-17-9-15-29-28(32)31-19-23-22-12-5-6-14-25(22)35-27(23)30-16-8-13-24(30)26(31)20-10-7-11-21(18-20)34-4-2/h7-8,10-11,13,16,18,26H,3-6,9,12,14-15,17,19H2,1-2H3,(H,29,32)/t26-/m1/s1. The lowest BCUT2D eigenvalue weighted by molar-refractivity contribution is 0.143. The molecule has 7 heteroatoms. The monoisotopic (exact) mass is 493 g/mol. The fourth-order valence-electron chi connectivity index (χ4n) is 5.29. The predicted octanol–water partition coefficient (Wildman–Crippen LogP) is 5.86. The summed E-state index contributed by atoms with van der Waals surface area (Å²) in [6, 6.07) is 12.2. The van der Waals surface area contributed by atoms with E-state index in [-0.39, 0.29) is 12.1 Å². The highest BCUT2D eigenvalue weighted by Crippen LogP contribution is 2.44. The number of ether oxygens (including phenoxy) is 2. The zero-order valence-corrected chi connectivity index (χ0v) is 21.5. The predicted molar refractivity (Wildman–Crippen MR) is 140 cm³/mol. The molecule has 1 aliphatic carbocycles. The van der Waals surface area contributed by atoms with Crippen LogP contribution in [0.15, 0.2) is 42.6 Å². The van der Waals surface area contributed by atoms with Gasteiger partial charge >= 0.3 is 6.03 Å². The van der Waals surface area contributed by atoms with Gasteiger partial charge in [0.25, 0.3) is 0 Å². The lowest BCUT2D eigenvalue weighted by Crippen LogP contribution is -2.42. The third-order valence-corrected chi connectivity index (χ3v) is 8.20. The van der Waals surface area contributed by atoms with E-state index >= 15 is 0 Å². The smallest absolute Gasteiger partial charge is 0.318 e. The Hall–Kier alpha value is -2.77. The largest absolute Gasteiger partial charge is 0.494 e. The molecule has 0 fully saturated rings. The molecule has 5 rings (SSSR count). The second-order valence-electron chi connectivity index (χ2n) is 9.12. The molecular formula is C28H35N3O3S. The van der Waals surface area contributed by atoms with Crippen molar-refractivity contribution in [2.45, 2.75) is 58.5 Å². The van der Waals surface area contributed by atoms with E-state index < -0.39 is 0 Å². The van der Waals surface area contributed by atoms with Crippen LogP contribution in [0, 0.1) is 0 Å². The van der Waals surface area contributed by atoms with Crippen molar-refractivity contribution in [3.63, 3.8) is 0 Å². The van der Waals surface area contributed by atoms with Crippen LogP contribution in [0.25, 0.3) is 5.00 Å². The Bertz CT molecular complexity index is 1170. The molecule has 2 aliphatic rings. The van der Waals surface area contributed by atoms with E-state index in [0.29, 0.717) is 32.9 Å². The lowest BCUT2D eigenvalue weighted by Gasteiger charge is -2.31. The number of thiophene rings is 1. The Morgan fingerprint density at radius 3 is 2.86 bits per heavy atom. The summed E-state index contributed by atoms with van der Waals surface area (Å²) in [5, 5.41) is 4.45. The van der Waals surface area contributed by atoms with Crippen LogP contribution in [-0.4, -0.2) is 41.9 Å². The third-order valence-electron chi connectivity index (χ3n) is 6.87. The molecule has 1 N–H and O–H groups in total. The van der Waals surface area contributed by atoms with Gasteiger partial charge in [0.05, 0.1) is 24.9 Å². The maximum atomic E-state index is 13.7. The summed E-state index contributed by atoms with van der Waals surface area (Å²) in [5.74, 6) is 0.830. The van der Waals surface area contributed by atoms with Crippen molar-refractivity contribution in [3.05, 3.63) is 69.9 Å². The highest BCUT2D eigenvalue weighted by atomic mass is 32.1. The van der Waals surface area contributed by atoms with Crippen LogP contribution >= 0.6 is 11.3 Å². The average molecular weight is 494 g/mol. The molecule has 1 aromatic carbocycles. The van der Waals surface area contributed by atoms with E-state index in [4.69, 9.17) is 9.47 Å². The van der Waals surface area contributed by atoms with Crippen molar-refractivity contribution in [1.82, 2.24) is 14.8 Å². The number of aryl methyl sites for hydroxylation is 1. The van der Waals surface area contributed by atoms with E-state index in [0.717, 1.165) is 36.3 Å². The quantitative estimate of drug-likeness (QED) is 0.400. The van der Waals surface area contributed by atoms with E-state index in [1.54, 1.807) is 0 Å². The van der Waals surface area contributed by atoms with Gasteiger partial charge in [-0.15, -0.1) is 11.3 Å². The van der Waals surface area contributed by atoms with Crippen LogP contribution < -0.4 is 10.1 Å². The normalized spacial score (nSPS) is 16.7. The number of nitrogens with one attached hydrogen (secondary N) is 1. The van der Waals surface area contributed by atoms with Gasteiger partial charge in [0.15, 0.2) is 0 Å². The summed E-state index contributed by atoms with van der Waals surface area (Å²) < 4.78 is 13.6. The van der Waals surface area contributed by atoms with Crippen LogP contribution in [0.3, 0.4) is 0 Å². The van der Waals surface area contributed by atoms with Crippen LogP contribution in [0.1, 0.15) is 66.4 Å². The molecule has 0 spiro atoms. The summed E-state index contributed by atoms with van der Waals surface area (Å²) in [6.07, 6.45) is 7.67. The van der Waals surface area contributed by atoms with Gasteiger partial charge in [0, 0.05) is 36.4 Å². The highest BCUT2D eigenvalue weighted by Gasteiger charge is 2.36. The fraction of sp³-hybridized carbons (Fsp3) is 0.464. The van der Waals surface area contributed by atoms with Gasteiger partial charge in [0.1, 0.15) is 10.8 Å². The van der Waals surface area contributed by atoms with Gasteiger partial charge in [-0.05, 0) is 81.3 Å². The molecule has 0 bridgehead atoms. The molecule has 186 valence electrons. The van der Waals surface area contributed by atoms with Gasteiger partial charge in [-0.1, -0.05) is 12.1 Å². The number of amides is 2. The number of hydrogen-bond donors (Lipinski definition) is 1. The molecule has 2 amide bonds. The molecule has 0 radical (unpaired) electrons. The van der Waals surface area contributed by atoms with Crippen molar-refractivity contribution in [2.75, 3.05) is 26.4 Å². The van der Waals surface area contributed by atoms with Crippen molar-refractivity contribution in [2.24, 2.45) is 0 Å². The van der Waals surface area contributed by atoms with Gasteiger partial charge < -0.3 is 24.3 Å². The minimum atomic E-state index is -0.212. The van der Waals surface area contributed by atoms with Crippen LogP contribution in [0.5, 0.6) is 5.75 Å². The number of benzene rings is 1. The summed E-state index contributed by atoms with van der Waals surface area (Å²) in [5.41, 5.74) is 4.95. The topological polar surface area (TPSA) is 55.7 Å². The molecule has 35 heavy (non-hydrogen) atoms. The fourth-order valence-corrected chi connectivity index (χ4v) is 6.70. The van der Waals surface area contributed by atoms with E-state index in [2.05, 4.69) is 40.3 Å². The molecule has 2 aromatic heterocycles. The first-order chi connectivity index (χ1) is 17.2. The van der Waals surface area contributed by atoms with Gasteiger partial charge in [-0.25, -0.2) is 4.79 Å². The number of rotatable bonds is 8. The second kappa shape index (κ2) is 10.9. The van der Waals surface area contributed by atoms with Crippen LogP contribution in [-0.2, 0) is 24.1 Å². The number of carbonyl (C=O) groups is 1. The molecule has 0 saturated carbocycles. The number of carbonyl (C=O) groups excluding carboxylic acids is 1. The molecule has 3 aromatic rings. The average Bonchev–Trinajstić information content (AvgIpc) is 3.46. The van der Waals surface area contributed by atoms with Gasteiger partial charge in [0.2, 0.25) is 0 Å². The van der Waals surface area contributed by atoms with E-state index in [1.807, 2.05) is 42.2 Å². The molecule has 1 atom stereocenters. The molecule has 0 unspecified atom stereocenters. The number of nitrogens with zero attached hydrogens (tertiary/aromatic N) is 2. The number of aromatic nitrogens is 1. The first-order valence-electron chi connectivity index (χ1n) is 12.9. The lowest BCUT2D eigenvalue weighted by atomic mass is 9.95. The maximum Gasteiger partial charge on any atom is 0.318 e. The molecule has 0 saturated heterocycles. The van der Waals surface area contributed by atoms with E-state index in [1.165, 1.54) is 33.8 Å². The Morgan fingerprint density at radius 2 is 2.00 bits per heavy atom. The van der Waals surface area contributed by atoms with Crippen LogP contribution in [0.4, 0.5) is 4.79 Å². The van der Waals surface area contributed by atoms with Crippen molar-refractivity contribution in [1.29, 1.82) is 0 Å². The van der Waals surface area contributed by atoms with E-state index in [9.17, 15) is 4.79 Å². The Morgan fingerprint density at radius 1 is 1.11 bits per heavy atom.